The summed E-state index contributed by atoms with van der Waals surface area (Å²) in [7, 11) is 0. The Kier molecular flexibility index (Phi) is 4.20. The number of aromatic nitrogens is 2. The lowest BCUT2D eigenvalue weighted by molar-refractivity contribution is 0.997. The van der Waals surface area contributed by atoms with Gasteiger partial charge in [0.2, 0.25) is 5.95 Å². The van der Waals surface area contributed by atoms with E-state index in [-0.39, 0.29) is 0 Å². The van der Waals surface area contributed by atoms with E-state index in [0.29, 0.717) is 16.4 Å². The zero-order chi connectivity index (χ0) is 12.3. The van der Waals surface area contributed by atoms with Crippen molar-refractivity contribution in [3.63, 3.8) is 0 Å². The van der Waals surface area contributed by atoms with E-state index >= 15 is 0 Å². The Morgan fingerprint density at radius 2 is 2.24 bits per heavy atom. The van der Waals surface area contributed by atoms with Gasteiger partial charge in [-0.15, -0.1) is 11.3 Å². The Hall–Kier alpha value is -0.850. The van der Waals surface area contributed by atoms with Gasteiger partial charge < -0.3 is 11.1 Å². The highest BCUT2D eigenvalue weighted by Gasteiger charge is 2.01. The molecule has 0 aromatic carbocycles. The Balaban J connectivity index is 1.89. The third-order valence-corrected chi connectivity index (χ3v) is 3.70. The fourth-order valence-corrected chi connectivity index (χ4v) is 2.79. The van der Waals surface area contributed by atoms with Crippen molar-refractivity contribution in [2.45, 2.75) is 6.42 Å². The van der Waals surface area contributed by atoms with Crippen LogP contribution in [0.3, 0.4) is 0 Å². The van der Waals surface area contributed by atoms with Crippen molar-refractivity contribution in [3.8, 4) is 0 Å². The Bertz CT molecular complexity index is 497. The molecule has 0 saturated carbocycles. The lowest BCUT2D eigenvalue weighted by Gasteiger charge is -2.04. The van der Waals surface area contributed by atoms with Gasteiger partial charge in [0.1, 0.15) is 10.4 Å². The topological polar surface area (TPSA) is 63.8 Å². The molecule has 0 fully saturated rings. The number of rotatable bonds is 4. The minimum atomic E-state index is 0.438. The van der Waals surface area contributed by atoms with E-state index in [1.165, 1.54) is 4.88 Å². The Morgan fingerprint density at radius 1 is 1.41 bits per heavy atom. The summed E-state index contributed by atoms with van der Waals surface area (Å²) in [6.07, 6.45) is 0.882. The minimum Gasteiger partial charge on any atom is -0.383 e. The van der Waals surface area contributed by atoms with E-state index in [1.807, 2.05) is 12.1 Å². The quantitative estimate of drug-likeness (QED) is 0.843. The van der Waals surface area contributed by atoms with E-state index in [4.69, 9.17) is 17.3 Å². The normalized spacial score (nSPS) is 10.5. The summed E-state index contributed by atoms with van der Waals surface area (Å²) in [6.45, 7) is 0.743. The molecule has 0 saturated heterocycles. The molecule has 7 heteroatoms. The number of hydrogen-bond acceptors (Lipinski definition) is 5. The first-order valence-corrected chi connectivity index (χ1v) is 6.90. The summed E-state index contributed by atoms with van der Waals surface area (Å²) < 4.78 is 1.48. The molecule has 0 amide bonds. The predicted octanol–water partition coefficient (Wildman–Crippen LogP) is 3.19. The number of nitrogens with two attached hydrogens (primary N) is 1. The number of thiophene rings is 1. The number of nitrogens with zero attached hydrogens (tertiary/aromatic N) is 2. The van der Waals surface area contributed by atoms with E-state index in [0.717, 1.165) is 17.3 Å². The van der Waals surface area contributed by atoms with Crippen LogP contribution in [0.25, 0.3) is 0 Å². The standard InChI is InChI=1S/C10H10BrClN4S/c11-7-5-9(13)16-10(15-7)14-4-3-6-1-2-8(12)17-6/h1-2,5H,3-4H2,(H3,13,14,15,16). The van der Waals surface area contributed by atoms with Gasteiger partial charge in [-0.3, -0.25) is 0 Å². The van der Waals surface area contributed by atoms with Crippen molar-refractivity contribution in [2.24, 2.45) is 0 Å². The summed E-state index contributed by atoms with van der Waals surface area (Å²) >= 11 is 10.7. The smallest absolute Gasteiger partial charge is 0.225 e. The van der Waals surface area contributed by atoms with E-state index in [2.05, 4.69) is 31.2 Å². The second kappa shape index (κ2) is 5.66. The zero-order valence-corrected chi connectivity index (χ0v) is 11.9. The first-order chi connectivity index (χ1) is 8.13. The molecule has 0 bridgehead atoms. The van der Waals surface area contributed by atoms with Gasteiger partial charge in [-0.25, -0.2) is 4.98 Å². The summed E-state index contributed by atoms with van der Waals surface area (Å²) in [6, 6.07) is 5.57. The molecule has 17 heavy (non-hydrogen) atoms. The molecule has 2 aromatic heterocycles. The van der Waals surface area contributed by atoms with Gasteiger partial charge in [-0.1, -0.05) is 11.6 Å². The number of nitrogens with one attached hydrogen (secondary N) is 1. The predicted molar refractivity (Wildman–Crippen MR) is 75.7 cm³/mol. The van der Waals surface area contributed by atoms with Crippen LogP contribution in [0, 0.1) is 0 Å². The average molecular weight is 334 g/mol. The third-order valence-electron chi connectivity index (χ3n) is 2.00. The van der Waals surface area contributed by atoms with Crippen molar-refractivity contribution >= 4 is 50.6 Å². The maximum absolute atomic E-state index is 5.85. The number of hydrogen-bond donors (Lipinski definition) is 2. The number of anilines is 2. The third kappa shape index (κ3) is 3.83. The van der Waals surface area contributed by atoms with Crippen LogP contribution in [0.5, 0.6) is 0 Å². The summed E-state index contributed by atoms with van der Waals surface area (Å²) in [5.41, 5.74) is 5.61. The highest BCUT2D eigenvalue weighted by molar-refractivity contribution is 9.10. The SMILES string of the molecule is Nc1cc(Br)nc(NCCc2ccc(Cl)s2)n1. The van der Waals surface area contributed by atoms with E-state index in [9.17, 15) is 0 Å². The molecule has 0 atom stereocenters. The zero-order valence-electron chi connectivity index (χ0n) is 8.78. The molecule has 4 nitrogen and oxygen atoms in total. The largest absolute Gasteiger partial charge is 0.383 e. The molecule has 0 unspecified atom stereocenters. The van der Waals surface area contributed by atoms with Gasteiger partial charge in [0.05, 0.1) is 4.34 Å². The van der Waals surface area contributed by atoms with Crippen LogP contribution in [-0.2, 0) is 6.42 Å². The van der Waals surface area contributed by atoms with Crippen LogP contribution < -0.4 is 11.1 Å². The molecule has 90 valence electrons. The molecule has 0 radical (unpaired) electrons. The molecule has 2 rings (SSSR count). The molecule has 2 aromatic rings. The first-order valence-electron chi connectivity index (χ1n) is 4.91. The fraction of sp³-hybridized carbons (Fsp3) is 0.200. The summed E-state index contributed by atoms with van der Waals surface area (Å²) in [5, 5.41) is 3.12. The molecule has 0 aliphatic rings. The van der Waals surface area contributed by atoms with Crippen LogP contribution in [0.2, 0.25) is 4.34 Å². The van der Waals surface area contributed by atoms with Crippen molar-refractivity contribution in [1.82, 2.24) is 9.97 Å². The van der Waals surface area contributed by atoms with Crippen LogP contribution in [0.15, 0.2) is 22.8 Å². The van der Waals surface area contributed by atoms with Gasteiger partial charge >= 0.3 is 0 Å². The molecule has 2 heterocycles. The van der Waals surface area contributed by atoms with Crippen molar-refractivity contribution in [1.29, 1.82) is 0 Å². The van der Waals surface area contributed by atoms with Gasteiger partial charge in [0, 0.05) is 17.5 Å². The van der Waals surface area contributed by atoms with E-state index in [1.54, 1.807) is 17.4 Å². The Labute approximate surface area is 116 Å². The van der Waals surface area contributed by atoms with Crippen molar-refractivity contribution in [2.75, 3.05) is 17.6 Å². The monoisotopic (exact) mass is 332 g/mol. The van der Waals surface area contributed by atoms with Gasteiger partial charge in [0.25, 0.3) is 0 Å². The highest BCUT2D eigenvalue weighted by Crippen LogP contribution is 2.21. The second-order valence-electron chi connectivity index (χ2n) is 3.32. The van der Waals surface area contributed by atoms with Crippen LogP contribution in [0.4, 0.5) is 11.8 Å². The summed E-state index contributed by atoms with van der Waals surface area (Å²) in [5.74, 6) is 0.966. The van der Waals surface area contributed by atoms with Crippen LogP contribution in [-0.4, -0.2) is 16.5 Å². The lowest BCUT2D eigenvalue weighted by atomic mass is 10.3. The molecule has 0 aliphatic heterocycles. The van der Waals surface area contributed by atoms with Crippen molar-refractivity contribution < 1.29 is 0 Å². The minimum absolute atomic E-state index is 0.438. The lowest BCUT2D eigenvalue weighted by Crippen LogP contribution is -2.08. The number of halogens is 2. The number of nitrogen functional groups attached to an aromatic ring is 1. The van der Waals surface area contributed by atoms with Gasteiger partial charge in [-0.05, 0) is 34.5 Å². The maximum atomic E-state index is 5.85. The highest BCUT2D eigenvalue weighted by atomic mass is 79.9. The Morgan fingerprint density at radius 3 is 2.88 bits per heavy atom. The molecular formula is C10H10BrClN4S. The fourth-order valence-electron chi connectivity index (χ4n) is 1.30. The van der Waals surface area contributed by atoms with Gasteiger partial charge in [-0.2, -0.15) is 4.98 Å². The molecular weight excluding hydrogens is 324 g/mol. The van der Waals surface area contributed by atoms with Crippen LogP contribution >= 0.6 is 38.9 Å². The van der Waals surface area contributed by atoms with Crippen molar-refractivity contribution in [3.05, 3.63) is 32.0 Å². The summed E-state index contributed by atoms with van der Waals surface area (Å²) in [4.78, 5) is 9.46. The molecule has 3 N–H and O–H groups in total. The van der Waals surface area contributed by atoms with Crippen LogP contribution in [0.1, 0.15) is 4.88 Å². The van der Waals surface area contributed by atoms with E-state index < -0.39 is 0 Å². The average Bonchev–Trinajstić information content (AvgIpc) is 2.63. The second-order valence-corrected chi connectivity index (χ2v) is 5.93. The molecule has 0 aliphatic carbocycles. The van der Waals surface area contributed by atoms with Gasteiger partial charge in [0.15, 0.2) is 0 Å². The first kappa shape index (κ1) is 12.6. The maximum Gasteiger partial charge on any atom is 0.225 e. The molecule has 0 spiro atoms.